The van der Waals surface area contributed by atoms with Crippen molar-refractivity contribution in [1.82, 2.24) is 15.2 Å². The van der Waals surface area contributed by atoms with Crippen molar-refractivity contribution in [3.8, 4) is 17.2 Å². The van der Waals surface area contributed by atoms with Gasteiger partial charge in [0.25, 0.3) is 5.91 Å². The first kappa shape index (κ1) is 26.3. The average Bonchev–Trinajstić information content (AvgIpc) is 2.97. The summed E-state index contributed by atoms with van der Waals surface area (Å²) < 4.78 is 17.0. The topological polar surface area (TPSA) is 111 Å². The highest BCUT2D eigenvalue weighted by Gasteiger charge is 2.13. The minimum atomic E-state index is -0.154. The normalized spacial score (nSPS) is 13.7. The van der Waals surface area contributed by atoms with Crippen LogP contribution in [0.25, 0.3) is 10.8 Å². The van der Waals surface area contributed by atoms with Crippen molar-refractivity contribution in [3.63, 3.8) is 0 Å². The number of morpholine rings is 1. The second-order valence-electron chi connectivity index (χ2n) is 9.32. The smallest absolute Gasteiger partial charge is 0.251 e. The number of nitrogens with zero attached hydrogens (tertiary/aromatic N) is 2. The van der Waals surface area contributed by atoms with E-state index in [-0.39, 0.29) is 5.91 Å². The first-order valence-corrected chi connectivity index (χ1v) is 13.0. The maximum absolute atomic E-state index is 12.9. The number of ether oxygens (including phenoxy) is 3. The SMILES string of the molecule is COc1cc(Nc2cc(Oc3ccc(N)c4ccccc34)ccn2)cc(C(=O)NCCCN2CCOCC2)c1. The largest absolute Gasteiger partial charge is 0.497 e. The molecular weight excluding hydrogens is 494 g/mol. The van der Waals surface area contributed by atoms with Crippen molar-refractivity contribution in [1.29, 1.82) is 0 Å². The van der Waals surface area contributed by atoms with Crippen molar-refractivity contribution in [2.24, 2.45) is 0 Å². The third-order valence-corrected chi connectivity index (χ3v) is 6.59. The summed E-state index contributed by atoms with van der Waals surface area (Å²) in [5.74, 6) is 2.30. The third-order valence-electron chi connectivity index (χ3n) is 6.59. The monoisotopic (exact) mass is 527 g/mol. The van der Waals surface area contributed by atoms with E-state index in [0.29, 0.717) is 46.5 Å². The maximum Gasteiger partial charge on any atom is 0.251 e. The van der Waals surface area contributed by atoms with Crippen LogP contribution in [-0.4, -0.2) is 62.3 Å². The summed E-state index contributed by atoms with van der Waals surface area (Å²) in [4.78, 5) is 19.7. The molecule has 4 aromatic rings. The first-order valence-electron chi connectivity index (χ1n) is 13.0. The fourth-order valence-corrected chi connectivity index (χ4v) is 4.55. The van der Waals surface area contributed by atoms with E-state index in [2.05, 4.69) is 20.5 Å². The Morgan fingerprint density at radius 1 is 1.03 bits per heavy atom. The van der Waals surface area contributed by atoms with Crippen molar-refractivity contribution in [3.05, 3.63) is 78.5 Å². The number of carbonyl (C=O) groups excluding carboxylic acids is 1. The van der Waals surface area contributed by atoms with Gasteiger partial charge < -0.3 is 30.6 Å². The second kappa shape index (κ2) is 12.5. The van der Waals surface area contributed by atoms with Crippen molar-refractivity contribution in [2.45, 2.75) is 6.42 Å². The number of nitrogen functional groups attached to an aromatic ring is 1. The van der Waals surface area contributed by atoms with Crippen LogP contribution in [-0.2, 0) is 4.74 Å². The molecular formula is C30H33N5O4. The van der Waals surface area contributed by atoms with E-state index in [1.54, 1.807) is 37.6 Å². The zero-order valence-electron chi connectivity index (χ0n) is 22.0. The van der Waals surface area contributed by atoms with E-state index < -0.39 is 0 Å². The Kier molecular flexibility index (Phi) is 8.40. The summed E-state index contributed by atoms with van der Waals surface area (Å²) in [6.07, 6.45) is 2.54. The molecule has 1 fully saturated rings. The predicted octanol–water partition coefficient (Wildman–Crippen LogP) is 4.81. The van der Waals surface area contributed by atoms with Crippen LogP contribution in [0.1, 0.15) is 16.8 Å². The minimum absolute atomic E-state index is 0.154. The lowest BCUT2D eigenvalue weighted by Crippen LogP contribution is -2.38. The van der Waals surface area contributed by atoms with E-state index in [9.17, 15) is 4.79 Å². The number of carbonyl (C=O) groups is 1. The Labute approximate surface area is 227 Å². The average molecular weight is 528 g/mol. The predicted molar refractivity (Wildman–Crippen MR) is 153 cm³/mol. The molecule has 1 amide bonds. The van der Waals surface area contributed by atoms with Gasteiger partial charge in [0.15, 0.2) is 0 Å². The molecule has 0 radical (unpaired) electrons. The van der Waals surface area contributed by atoms with Gasteiger partial charge in [0.2, 0.25) is 0 Å². The molecule has 3 aromatic carbocycles. The number of rotatable bonds is 10. The number of fused-ring (bicyclic) bond motifs is 1. The van der Waals surface area contributed by atoms with Crippen LogP contribution >= 0.6 is 0 Å². The standard InChI is InChI=1S/C30H33N5O4/c1-37-24-18-21(30(36)33-10-4-12-35-13-15-38-16-14-35)17-22(19-24)34-29-20-23(9-11-32-29)39-28-8-7-27(31)25-5-2-3-6-26(25)28/h2-3,5-9,11,17-20H,4,10,12-16,31H2,1H3,(H,32,34)(H,33,36). The molecule has 4 N–H and O–H groups in total. The van der Waals surface area contributed by atoms with Crippen LogP contribution in [0.5, 0.6) is 17.2 Å². The Hall–Kier alpha value is -4.34. The minimum Gasteiger partial charge on any atom is -0.497 e. The van der Waals surface area contributed by atoms with Gasteiger partial charge >= 0.3 is 0 Å². The van der Waals surface area contributed by atoms with Crippen molar-refractivity contribution in [2.75, 3.05) is 57.6 Å². The number of benzene rings is 3. The number of nitrogens with two attached hydrogens (primary N) is 1. The summed E-state index contributed by atoms with van der Waals surface area (Å²) >= 11 is 0. The van der Waals surface area contributed by atoms with Crippen LogP contribution in [0.4, 0.5) is 17.2 Å². The first-order chi connectivity index (χ1) is 19.1. The van der Waals surface area contributed by atoms with E-state index in [1.165, 1.54) is 0 Å². The Morgan fingerprint density at radius 3 is 2.67 bits per heavy atom. The molecule has 202 valence electrons. The molecule has 2 heterocycles. The Balaban J connectivity index is 1.25. The van der Waals surface area contributed by atoms with E-state index in [4.69, 9.17) is 19.9 Å². The van der Waals surface area contributed by atoms with Crippen molar-refractivity contribution >= 4 is 33.9 Å². The molecule has 1 saturated heterocycles. The lowest BCUT2D eigenvalue weighted by atomic mass is 10.1. The van der Waals surface area contributed by atoms with Crippen molar-refractivity contribution < 1.29 is 19.0 Å². The molecule has 0 bridgehead atoms. The van der Waals surface area contributed by atoms with E-state index in [1.807, 2.05) is 42.5 Å². The molecule has 0 aliphatic carbocycles. The van der Waals surface area contributed by atoms with Crippen LogP contribution in [0.3, 0.4) is 0 Å². The van der Waals surface area contributed by atoms with Gasteiger partial charge in [0, 0.05) is 65.7 Å². The Bertz CT molecular complexity index is 1440. The number of methoxy groups -OCH3 is 1. The number of pyridine rings is 1. The molecule has 5 rings (SSSR count). The molecule has 9 heteroatoms. The number of aromatic nitrogens is 1. The van der Waals surface area contributed by atoms with Gasteiger partial charge in [0.05, 0.1) is 20.3 Å². The highest BCUT2D eigenvalue weighted by molar-refractivity contribution is 5.97. The fourth-order valence-electron chi connectivity index (χ4n) is 4.55. The van der Waals surface area contributed by atoms with Gasteiger partial charge in [-0.15, -0.1) is 0 Å². The summed E-state index contributed by atoms with van der Waals surface area (Å²) in [7, 11) is 1.58. The van der Waals surface area contributed by atoms with Gasteiger partial charge in [-0.05, 0) is 43.3 Å². The quantitative estimate of drug-likeness (QED) is 0.199. The number of hydrogen-bond donors (Lipinski definition) is 3. The van der Waals surface area contributed by atoms with Crippen LogP contribution in [0, 0.1) is 0 Å². The molecule has 1 aromatic heterocycles. The summed E-state index contributed by atoms with van der Waals surface area (Å²) in [6.45, 7) is 4.95. The summed E-state index contributed by atoms with van der Waals surface area (Å²) in [5, 5.41) is 8.14. The lowest BCUT2D eigenvalue weighted by Gasteiger charge is -2.26. The molecule has 1 aliphatic heterocycles. The molecule has 0 spiro atoms. The van der Waals surface area contributed by atoms with Gasteiger partial charge in [-0.1, -0.05) is 24.3 Å². The van der Waals surface area contributed by atoms with E-state index >= 15 is 0 Å². The highest BCUT2D eigenvalue weighted by Crippen LogP contribution is 2.34. The second-order valence-corrected chi connectivity index (χ2v) is 9.32. The van der Waals surface area contributed by atoms with Gasteiger partial charge in [-0.25, -0.2) is 4.98 Å². The summed E-state index contributed by atoms with van der Waals surface area (Å²) in [5.41, 5.74) is 8.01. The molecule has 0 saturated carbocycles. The van der Waals surface area contributed by atoms with Gasteiger partial charge in [0.1, 0.15) is 23.1 Å². The van der Waals surface area contributed by atoms with Crippen LogP contribution in [0.15, 0.2) is 72.9 Å². The number of nitrogens with one attached hydrogen (secondary N) is 2. The maximum atomic E-state index is 12.9. The van der Waals surface area contributed by atoms with Crippen LogP contribution in [0.2, 0.25) is 0 Å². The van der Waals surface area contributed by atoms with Crippen LogP contribution < -0.4 is 25.8 Å². The number of amides is 1. The van der Waals surface area contributed by atoms with Gasteiger partial charge in [-0.2, -0.15) is 0 Å². The van der Waals surface area contributed by atoms with Gasteiger partial charge in [-0.3, -0.25) is 9.69 Å². The fraction of sp³-hybridized carbons (Fsp3) is 0.267. The highest BCUT2D eigenvalue weighted by atomic mass is 16.5. The zero-order chi connectivity index (χ0) is 27.0. The van der Waals surface area contributed by atoms with E-state index in [0.717, 1.165) is 50.0 Å². The molecule has 0 atom stereocenters. The molecule has 1 aliphatic rings. The lowest BCUT2D eigenvalue weighted by molar-refractivity contribution is 0.0374. The number of hydrogen-bond acceptors (Lipinski definition) is 8. The third kappa shape index (κ3) is 6.76. The Morgan fingerprint density at radius 2 is 1.85 bits per heavy atom. The number of anilines is 3. The summed E-state index contributed by atoms with van der Waals surface area (Å²) in [6, 6.07) is 20.5. The molecule has 39 heavy (non-hydrogen) atoms. The zero-order valence-corrected chi connectivity index (χ0v) is 22.0. The molecule has 0 unspecified atom stereocenters. The molecule has 9 nitrogen and oxygen atoms in total.